The minimum atomic E-state index is -1.06. The summed E-state index contributed by atoms with van der Waals surface area (Å²) in [6.45, 7) is 28.4. The van der Waals surface area contributed by atoms with Crippen molar-refractivity contribution in [1.29, 1.82) is 0 Å². The van der Waals surface area contributed by atoms with Crippen LogP contribution in [0.4, 0.5) is 0 Å². The van der Waals surface area contributed by atoms with Crippen LogP contribution in [0.2, 0.25) is 17.6 Å². The highest BCUT2D eigenvalue weighted by molar-refractivity contribution is 6.64. The fourth-order valence-electron chi connectivity index (χ4n) is 8.15. The maximum absolute atomic E-state index is 6.63. The Morgan fingerprint density at radius 2 is 1.66 bits per heavy atom. The van der Waals surface area contributed by atoms with Crippen LogP contribution in [0.5, 0.6) is 5.75 Å². The van der Waals surface area contributed by atoms with E-state index in [2.05, 4.69) is 118 Å². The molecule has 0 saturated heterocycles. The Balaban J connectivity index is 1.97. The molecular formula is C39H52OSi. The van der Waals surface area contributed by atoms with Gasteiger partial charge in [0.2, 0.25) is 0 Å². The first-order valence-electron chi connectivity index (χ1n) is 16.0. The molecule has 0 fully saturated rings. The highest BCUT2D eigenvalue weighted by Gasteiger charge is 2.49. The maximum atomic E-state index is 6.63. The average molecular weight is 565 g/mol. The predicted molar refractivity (Wildman–Crippen MR) is 181 cm³/mol. The molecular weight excluding hydrogens is 513 g/mol. The minimum absolute atomic E-state index is 0.0419. The molecule has 5 rings (SSSR count). The molecule has 0 aromatic heterocycles. The standard InChI is InChI=1S/C39H52OSi/c1-12-21-40-35-29(22-25(4)23-31(35)37(5,6)7)33-27-18-16-15-17-26(27)32-34(39(33,10)11)28-19-20-38(8,9)24-30(28)36(32)41(13-2)14-3/h12,15-18,22-24,36,41H,1,13-14,19-21H2,2-11H3. The summed E-state index contributed by atoms with van der Waals surface area (Å²) in [5.41, 5.74) is 12.6. The van der Waals surface area contributed by atoms with E-state index in [1.54, 1.807) is 22.3 Å². The molecule has 0 bridgehead atoms. The van der Waals surface area contributed by atoms with Gasteiger partial charge in [0.15, 0.2) is 0 Å². The zero-order valence-corrected chi connectivity index (χ0v) is 28.6. The van der Waals surface area contributed by atoms with Gasteiger partial charge in [-0.3, -0.25) is 0 Å². The van der Waals surface area contributed by atoms with E-state index in [9.17, 15) is 0 Å². The average Bonchev–Trinajstić information content (AvgIpc) is 3.22. The highest BCUT2D eigenvalue weighted by Crippen LogP contribution is 2.62. The van der Waals surface area contributed by atoms with Crippen LogP contribution in [0.1, 0.15) is 91.8 Å². The van der Waals surface area contributed by atoms with Crippen LogP contribution in [0.3, 0.4) is 0 Å². The quantitative estimate of drug-likeness (QED) is 0.241. The summed E-state index contributed by atoms with van der Waals surface area (Å²) in [5.74, 6) is 1.03. The number of hydrogen-bond acceptors (Lipinski definition) is 1. The van der Waals surface area contributed by atoms with Crippen LogP contribution >= 0.6 is 0 Å². The molecule has 1 atom stereocenters. The number of rotatable bonds is 7. The molecule has 0 amide bonds. The van der Waals surface area contributed by atoms with E-state index in [0.29, 0.717) is 12.1 Å². The zero-order valence-electron chi connectivity index (χ0n) is 27.4. The Labute approximate surface area is 251 Å². The van der Waals surface area contributed by atoms with E-state index >= 15 is 0 Å². The van der Waals surface area contributed by atoms with Crippen LogP contribution in [0, 0.1) is 17.8 Å². The Bertz CT molecular complexity index is 1570. The van der Waals surface area contributed by atoms with Crippen LogP contribution < -0.4 is 15.2 Å². The van der Waals surface area contributed by atoms with Gasteiger partial charge in [-0.2, -0.15) is 0 Å². The maximum Gasteiger partial charge on any atom is 0.131 e. The monoisotopic (exact) mass is 564 g/mol. The number of aryl methyl sites for hydroxylation is 1. The second kappa shape index (κ2) is 10.6. The zero-order chi connectivity index (χ0) is 29.9. The SMILES string of the molecule is C=CCOc1c(C2=c3ccccc3=C3C(=C4CCC(C)(C)C=C4C3[SiH](CC)CC)C2(C)C)cc(C)cc1C(C)(C)C. The summed E-state index contributed by atoms with van der Waals surface area (Å²) in [5, 5.41) is 2.87. The molecule has 41 heavy (non-hydrogen) atoms. The molecule has 1 unspecified atom stereocenters. The number of fused-ring (bicyclic) bond motifs is 3. The van der Waals surface area contributed by atoms with Crippen LogP contribution in [0.25, 0.3) is 11.1 Å². The molecule has 0 N–H and O–H groups in total. The number of ether oxygens (including phenoxy) is 1. The first-order valence-corrected chi connectivity index (χ1v) is 18.3. The van der Waals surface area contributed by atoms with Gasteiger partial charge in [-0.05, 0) is 80.5 Å². The van der Waals surface area contributed by atoms with Crippen LogP contribution in [0.15, 0.2) is 71.8 Å². The van der Waals surface area contributed by atoms with Crippen molar-refractivity contribution < 1.29 is 4.74 Å². The van der Waals surface area contributed by atoms with Gasteiger partial charge in [0.25, 0.3) is 0 Å². The number of allylic oxidation sites excluding steroid dienone is 4. The Hall–Kier alpha value is -2.58. The van der Waals surface area contributed by atoms with Crippen molar-refractivity contribution in [2.45, 2.75) is 105 Å². The van der Waals surface area contributed by atoms with Crippen LogP contribution in [-0.4, -0.2) is 15.4 Å². The third-order valence-electron chi connectivity index (χ3n) is 10.0. The Morgan fingerprint density at radius 1 is 1.00 bits per heavy atom. The van der Waals surface area contributed by atoms with Gasteiger partial charge >= 0.3 is 0 Å². The van der Waals surface area contributed by atoms with Crippen molar-refractivity contribution in [2.24, 2.45) is 10.8 Å². The molecule has 2 aromatic rings. The van der Waals surface area contributed by atoms with Crippen molar-refractivity contribution in [2.75, 3.05) is 6.61 Å². The van der Waals surface area contributed by atoms with Gasteiger partial charge in [-0.1, -0.05) is 123 Å². The van der Waals surface area contributed by atoms with Gasteiger partial charge in [0.05, 0.1) is 0 Å². The van der Waals surface area contributed by atoms with E-state index < -0.39 is 8.80 Å². The molecule has 218 valence electrons. The van der Waals surface area contributed by atoms with Crippen molar-refractivity contribution in [1.82, 2.24) is 0 Å². The predicted octanol–water partition coefficient (Wildman–Crippen LogP) is 8.94. The Morgan fingerprint density at radius 3 is 2.27 bits per heavy atom. The first-order chi connectivity index (χ1) is 19.3. The summed E-state index contributed by atoms with van der Waals surface area (Å²) in [4.78, 5) is 0. The lowest BCUT2D eigenvalue weighted by molar-refractivity contribution is 0.349. The van der Waals surface area contributed by atoms with Crippen molar-refractivity contribution in [3.63, 3.8) is 0 Å². The molecule has 0 aliphatic heterocycles. The molecule has 1 nitrogen and oxygen atoms in total. The fourth-order valence-corrected chi connectivity index (χ4v) is 11.3. The second-order valence-electron chi connectivity index (χ2n) is 15.0. The molecule has 3 aliphatic carbocycles. The van der Waals surface area contributed by atoms with Gasteiger partial charge in [0, 0.05) is 30.9 Å². The van der Waals surface area contributed by atoms with Crippen molar-refractivity contribution in [3.8, 4) is 5.75 Å². The fraction of sp³-hybridized carbons (Fsp3) is 0.487. The minimum Gasteiger partial charge on any atom is -0.489 e. The molecule has 0 radical (unpaired) electrons. The molecule has 3 aliphatic rings. The molecule has 2 heteroatoms. The van der Waals surface area contributed by atoms with E-state index in [1.165, 1.54) is 57.6 Å². The first kappa shape index (κ1) is 29.9. The highest BCUT2D eigenvalue weighted by atomic mass is 28.3. The van der Waals surface area contributed by atoms with Gasteiger partial charge in [-0.15, -0.1) is 0 Å². The van der Waals surface area contributed by atoms with Crippen molar-refractivity contribution in [3.05, 3.63) is 99.0 Å². The largest absolute Gasteiger partial charge is 0.489 e. The summed E-state index contributed by atoms with van der Waals surface area (Å²) in [6.07, 6.45) is 6.98. The molecule has 0 spiro atoms. The number of hydrogen-bond donors (Lipinski definition) is 0. The van der Waals surface area contributed by atoms with Gasteiger partial charge in [-0.25, -0.2) is 0 Å². The lowest BCUT2D eigenvalue weighted by atomic mass is 9.66. The topological polar surface area (TPSA) is 9.23 Å². The summed E-state index contributed by atoms with van der Waals surface area (Å²) in [7, 11) is -1.06. The summed E-state index contributed by atoms with van der Waals surface area (Å²) in [6, 6.07) is 16.7. The molecule has 0 heterocycles. The van der Waals surface area contributed by atoms with E-state index in [4.69, 9.17) is 4.74 Å². The van der Waals surface area contributed by atoms with Gasteiger partial charge in [0.1, 0.15) is 12.4 Å². The third kappa shape index (κ3) is 4.95. The second-order valence-corrected chi connectivity index (χ2v) is 18.8. The van der Waals surface area contributed by atoms with Gasteiger partial charge < -0.3 is 4.74 Å². The Kier molecular flexibility index (Phi) is 7.73. The van der Waals surface area contributed by atoms with E-state index in [-0.39, 0.29) is 16.2 Å². The van der Waals surface area contributed by atoms with E-state index in [0.717, 1.165) is 5.75 Å². The molecule has 2 aromatic carbocycles. The van der Waals surface area contributed by atoms with Crippen molar-refractivity contribution >= 4 is 19.9 Å². The lowest BCUT2D eigenvalue weighted by Gasteiger charge is -2.38. The lowest BCUT2D eigenvalue weighted by Crippen LogP contribution is -2.42. The number of benzene rings is 2. The van der Waals surface area contributed by atoms with Crippen LogP contribution in [-0.2, 0) is 5.41 Å². The summed E-state index contributed by atoms with van der Waals surface area (Å²) < 4.78 is 6.63. The molecule has 0 saturated carbocycles. The van der Waals surface area contributed by atoms with E-state index in [1.807, 2.05) is 6.08 Å². The third-order valence-corrected chi connectivity index (χ3v) is 13.8. The smallest absolute Gasteiger partial charge is 0.131 e. The normalized spacial score (nSPS) is 21.0. The summed E-state index contributed by atoms with van der Waals surface area (Å²) >= 11 is 0.